The summed E-state index contributed by atoms with van der Waals surface area (Å²) < 4.78 is 31.9. The number of aliphatic carboxylic acids is 1. The van der Waals surface area contributed by atoms with Crippen LogP contribution < -0.4 is 4.72 Å². The molecule has 1 aliphatic rings. The minimum Gasteiger partial charge on any atom is -0.480 e. The molecule has 10 heteroatoms. The standard InChI is InChI=1S/C11H20N2O7S/c1-20-11(17)8-2-5-13(6-3-8)21(18,19)12-9(4-7-14)10(15)16/h8-9,12,14H,2-7H2,1H3,(H,15,16). The van der Waals surface area contributed by atoms with Crippen molar-refractivity contribution in [3.8, 4) is 0 Å². The van der Waals surface area contributed by atoms with Crippen molar-refractivity contribution in [2.45, 2.75) is 25.3 Å². The molecule has 1 aliphatic heterocycles. The van der Waals surface area contributed by atoms with E-state index in [1.54, 1.807) is 0 Å². The second kappa shape index (κ2) is 7.69. The van der Waals surface area contributed by atoms with Gasteiger partial charge >= 0.3 is 11.9 Å². The summed E-state index contributed by atoms with van der Waals surface area (Å²) in [4.78, 5) is 22.3. The maximum atomic E-state index is 12.1. The van der Waals surface area contributed by atoms with Gasteiger partial charge in [0.2, 0.25) is 0 Å². The van der Waals surface area contributed by atoms with Crippen molar-refractivity contribution < 1.29 is 33.0 Å². The predicted molar refractivity (Wildman–Crippen MR) is 71.5 cm³/mol. The highest BCUT2D eigenvalue weighted by atomic mass is 32.2. The molecule has 0 aromatic heterocycles. The molecule has 0 aromatic rings. The number of aliphatic hydroxyl groups excluding tert-OH is 1. The van der Waals surface area contributed by atoms with E-state index in [-0.39, 0.29) is 31.4 Å². The number of esters is 1. The second-order valence-electron chi connectivity index (χ2n) is 4.72. The molecule has 3 N–H and O–H groups in total. The molecular weight excluding hydrogens is 304 g/mol. The van der Waals surface area contributed by atoms with Crippen LogP contribution in [0, 0.1) is 5.92 Å². The minimum absolute atomic E-state index is 0.112. The molecule has 0 saturated carbocycles. The van der Waals surface area contributed by atoms with Gasteiger partial charge in [-0.25, -0.2) is 0 Å². The minimum atomic E-state index is -3.97. The number of carboxylic acid groups (broad SMARTS) is 1. The Morgan fingerprint density at radius 3 is 2.38 bits per heavy atom. The zero-order chi connectivity index (χ0) is 16.0. The number of hydrogen-bond donors (Lipinski definition) is 3. The van der Waals surface area contributed by atoms with E-state index < -0.39 is 28.8 Å². The summed E-state index contributed by atoms with van der Waals surface area (Å²) in [5.41, 5.74) is 0. The van der Waals surface area contributed by atoms with Gasteiger partial charge in [0.1, 0.15) is 6.04 Å². The van der Waals surface area contributed by atoms with Crippen molar-refractivity contribution in [1.82, 2.24) is 9.03 Å². The number of nitrogens with one attached hydrogen (secondary N) is 1. The van der Waals surface area contributed by atoms with E-state index in [0.29, 0.717) is 12.8 Å². The van der Waals surface area contributed by atoms with Crippen LogP contribution in [0.1, 0.15) is 19.3 Å². The number of hydrogen-bond acceptors (Lipinski definition) is 6. The van der Waals surface area contributed by atoms with Crippen molar-refractivity contribution in [3.63, 3.8) is 0 Å². The molecule has 0 radical (unpaired) electrons. The van der Waals surface area contributed by atoms with Crippen molar-refractivity contribution in [1.29, 1.82) is 0 Å². The Morgan fingerprint density at radius 1 is 1.38 bits per heavy atom. The number of rotatable bonds is 7. The normalized spacial score (nSPS) is 19.1. The van der Waals surface area contributed by atoms with Crippen LogP contribution in [0.3, 0.4) is 0 Å². The first-order chi connectivity index (χ1) is 9.81. The fraction of sp³-hybridized carbons (Fsp3) is 0.818. The monoisotopic (exact) mass is 324 g/mol. The molecule has 1 rings (SSSR count). The molecule has 1 fully saturated rings. The first kappa shape index (κ1) is 17.8. The van der Waals surface area contributed by atoms with Crippen LogP contribution in [0.5, 0.6) is 0 Å². The molecule has 122 valence electrons. The molecule has 0 aromatic carbocycles. The Hall–Kier alpha value is -1.23. The van der Waals surface area contributed by atoms with Gasteiger partial charge in [0.25, 0.3) is 10.2 Å². The molecule has 1 heterocycles. The van der Waals surface area contributed by atoms with Gasteiger partial charge in [0, 0.05) is 19.7 Å². The first-order valence-corrected chi connectivity index (χ1v) is 7.94. The van der Waals surface area contributed by atoms with Crippen molar-refractivity contribution in [2.75, 3.05) is 26.8 Å². The highest BCUT2D eigenvalue weighted by Gasteiger charge is 2.33. The lowest BCUT2D eigenvalue weighted by atomic mass is 9.99. The van der Waals surface area contributed by atoms with Gasteiger partial charge < -0.3 is 14.9 Å². The van der Waals surface area contributed by atoms with Crippen molar-refractivity contribution in [3.05, 3.63) is 0 Å². The molecule has 1 atom stereocenters. The van der Waals surface area contributed by atoms with E-state index in [0.717, 1.165) is 4.31 Å². The number of carbonyl (C=O) groups excluding carboxylic acids is 1. The number of carboxylic acids is 1. The number of piperidine rings is 1. The first-order valence-electron chi connectivity index (χ1n) is 6.50. The Labute approximate surface area is 123 Å². The smallest absolute Gasteiger partial charge is 0.321 e. The van der Waals surface area contributed by atoms with E-state index in [1.165, 1.54) is 7.11 Å². The largest absolute Gasteiger partial charge is 0.480 e. The zero-order valence-electron chi connectivity index (χ0n) is 11.7. The third kappa shape index (κ3) is 4.92. The Kier molecular flexibility index (Phi) is 6.52. The van der Waals surface area contributed by atoms with Crippen LogP contribution in [0.25, 0.3) is 0 Å². The fourth-order valence-corrected chi connectivity index (χ4v) is 3.53. The molecule has 21 heavy (non-hydrogen) atoms. The van der Waals surface area contributed by atoms with Crippen LogP contribution in [0.2, 0.25) is 0 Å². The van der Waals surface area contributed by atoms with Crippen molar-refractivity contribution in [2.24, 2.45) is 5.92 Å². The Balaban J connectivity index is 2.64. The highest BCUT2D eigenvalue weighted by Crippen LogP contribution is 2.20. The number of carbonyl (C=O) groups is 2. The summed E-state index contributed by atoms with van der Waals surface area (Å²) in [5.74, 6) is -2.06. The molecule has 0 aliphatic carbocycles. The van der Waals surface area contributed by atoms with Gasteiger partial charge in [0.05, 0.1) is 13.0 Å². The zero-order valence-corrected chi connectivity index (χ0v) is 12.5. The lowest BCUT2D eigenvalue weighted by molar-refractivity contribution is -0.146. The summed E-state index contributed by atoms with van der Waals surface area (Å²) in [6, 6.07) is -1.38. The van der Waals surface area contributed by atoms with Gasteiger partial charge in [-0.1, -0.05) is 0 Å². The molecule has 0 bridgehead atoms. The van der Waals surface area contributed by atoms with E-state index in [1.807, 2.05) is 4.72 Å². The summed E-state index contributed by atoms with van der Waals surface area (Å²) in [7, 11) is -2.69. The van der Waals surface area contributed by atoms with Gasteiger partial charge in [-0.2, -0.15) is 17.4 Å². The lowest BCUT2D eigenvalue weighted by Crippen LogP contribution is -2.51. The van der Waals surface area contributed by atoms with E-state index in [2.05, 4.69) is 4.74 Å². The number of nitrogens with zero attached hydrogens (tertiary/aromatic N) is 1. The molecule has 1 saturated heterocycles. The quantitative estimate of drug-likeness (QED) is 0.487. The summed E-state index contributed by atoms with van der Waals surface area (Å²) in [6.07, 6.45) is 0.434. The average Bonchev–Trinajstić information content (AvgIpc) is 2.45. The number of ether oxygens (including phenoxy) is 1. The third-order valence-corrected chi connectivity index (χ3v) is 4.96. The number of methoxy groups -OCH3 is 1. The van der Waals surface area contributed by atoms with Crippen LogP contribution >= 0.6 is 0 Å². The maximum Gasteiger partial charge on any atom is 0.321 e. The Bertz CT molecular complexity index is 471. The van der Waals surface area contributed by atoms with Gasteiger partial charge in [-0.15, -0.1) is 0 Å². The molecule has 0 spiro atoms. The Morgan fingerprint density at radius 2 is 1.95 bits per heavy atom. The second-order valence-corrected chi connectivity index (χ2v) is 6.42. The van der Waals surface area contributed by atoms with Crippen LogP contribution in [0.15, 0.2) is 0 Å². The number of aliphatic hydroxyl groups is 1. The van der Waals surface area contributed by atoms with Crippen LogP contribution in [0.4, 0.5) is 0 Å². The highest BCUT2D eigenvalue weighted by molar-refractivity contribution is 7.87. The molecule has 0 amide bonds. The van der Waals surface area contributed by atoms with Gasteiger partial charge in [0.15, 0.2) is 0 Å². The van der Waals surface area contributed by atoms with Crippen molar-refractivity contribution >= 4 is 22.1 Å². The van der Waals surface area contributed by atoms with Crippen LogP contribution in [-0.2, 0) is 24.5 Å². The van der Waals surface area contributed by atoms with E-state index in [4.69, 9.17) is 10.2 Å². The molecule has 9 nitrogen and oxygen atoms in total. The molecular formula is C11H20N2O7S. The van der Waals surface area contributed by atoms with Gasteiger partial charge in [-0.05, 0) is 19.3 Å². The topological polar surface area (TPSA) is 133 Å². The van der Waals surface area contributed by atoms with E-state index in [9.17, 15) is 18.0 Å². The summed E-state index contributed by atoms with van der Waals surface area (Å²) in [5, 5.41) is 17.6. The molecule has 1 unspecified atom stereocenters. The predicted octanol–water partition coefficient (Wildman–Crippen LogP) is -1.46. The van der Waals surface area contributed by atoms with Gasteiger partial charge in [-0.3, -0.25) is 9.59 Å². The summed E-state index contributed by atoms with van der Waals surface area (Å²) >= 11 is 0. The maximum absolute atomic E-state index is 12.1. The lowest BCUT2D eigenvalue weighted by Gasteiger charge is -2.30. The van der Waals surface area contributed by atoms with E-state index >= 15 is 0 Å². The average molecular weight is 324 g/mol. The fourth-order valence-electron chi connectivity index (χ4n) is 2.11. The van der Waals surface area contributed by atoms with Crippen LogP contribution in [-0.4, -0.2) is 67.7 Å². The SMILES string of the molecule is COC(=O)C1CCN(S(=O)(=O)NC(CCO)C(=O)O)CC1. The third-order valence-electron chi connectivity index (χ3n) is 3.34. The summed E-state index contributed by atoms with van der Waals surface area (Å²) in [6.45, 7) is -0.217.